The number of piperidine rings is 1. The molecular formula is C27H33F2N3OS. The monoisotopic (exact) mass is 485 g/mol. The van der Waals surface area contributed by atoms with Crippen molar-refractivity contribution in [3.05, 3.63) is 66.0 Å². The maximum Gasteiger partial charge on any atom is 0.225 e. The Morgan fingerprint density at radius 3 is 2.00 bits per heavy atom. The van der Waals surface area contributed by atoms with E-state index in [9.17, 15) is 8.78 Å². The maximum atomic E-state index is 13.2. The smallest absolute Gasteiger partial charge is 0.225 e. The Morgan fingerprint density at radius 1 is 0.941 bits per heavy atom. The van der Waals surface area contributed by atoms with Crippen molar-refractivity contribution in [1.29, 1.82) is 0 Å². The van der Waals surface area contributed by atoms with Gasteiger partial charge in [-0.1, -0.05) is 39.8 Å². The van der Waals surface area contributed by atoms with Crippen LogP contribution in [0.5, 0.6) is 5.75 Å². The Labute approximate surface area is 205 Å². The minimum Gasteiger partial charge on any atom is -0.503 e. The van der Waals surface area contributed by atoms with E-state index in [4.69, 9.17) is 5.11 Å². The Hall–Kier alpha value is -2.67. The molecule has 2 aromatic carbocycles. The largest absolute Gasteiger partial charge is 0.503 e. The van der Waals surface area contributed by atoms with Crippen LogP contribution in [0.2, 0.25) is 0 Å². The van der Waals surface area contributed by atoms with Crippen molar-refractivity contribution in [3.63, 3.8) is 0 Å². The molecule has 2 atom stereocenters. The summed E-state index contributed by atoms with van der Waals surface area (Å²) in [6.07, 6.45) is 6.35. The summed E-state index contributed by atoms with van der Waals surface area (Å²) in [5, 5.41) is 9.04. The molecule has 2 fully saturated rings. The van der Waals surface area contributed by atoms with Crippen LogP contribution in [-0.4, -0.2) is 33.9 Å². The summed E-state index contributed by atoms with van der Waals surface area (Å²) in [6.45, 7) is 10.5. The van der Waals surface area contributed by atoms with Gasteiger partial charge in [0, 0.05) is 30.4 Å². The highest BCUT2D eigenvalue weighted by atomic mass is 32.2. The van der Waals surface area contributed by atoms with Gasteiger partial charge in [-0.3, -0.25) is 0 Å². The zero-order valence-corrected chi connectivity index (χ0v) is 21.1. The number of nitrogens with zero attached hydrogens (tertiary/aromatic N) is 3. The Balaban J connectivity index is 0.000000182. The van der Waals surface area contributed by atoms with Crippen LogP contribution < -0.4 is 4.90 Å². The average Bonchev–Trinajstić information content (AvgIpc) is 3.49. The molecule has 0 radical (unpaired) electrons. The molecule has 1 N–H and O–H groups in total. The molecule has 1 aromatic heterocycles. The molecule has 4 nitrogen and oxygen atoms in total. The Morgan fingerprint density at radius 2 is 1.50 bits per heavy atom. The summed E-state index contributed by atoms with van der Waals surface area (Å²) in [5.74, 6) is 0.969. The third-order valence-electron chi connectivity index (χ3n) is 5.88. The van der Waals surface area contributed by atoms with E-state index in [-0.39, 0.29) is 0 Å². The second-order valence-corrected chi connectivity index (χ2v) is 9.49. The van der Waals surface area contributed by atoms with Gasteiger partial charge in [0.05, 0.1) is 0 Å². The molecule has 1 aliphatic carbocycles. The minimum atomic E-state index is -0.947. The molecule has 0 spiro atoms. The van der Waals surface area contributed by atoms with E-state index in [0.29, 0.717) is 11.1 Å². The lowest BCUT2D eigenvalue weighted by atomic mass is 10.1. The second-order valence-electron chi connectivity index (χ2n) is 8.15. The lowest BCUT2D eigenvalue weighted by molar-refractivity contribution is 0.396. The molecule has 7 heteroatoms. The number of phenols is 1. The number of benzene rings is 2. The number of hydrogen-bond donors (Lipinski definition) is 1. The third-order valence-corrected chi connectivity index (χ3v) is 6.77. The van der Waals surface area contributed by atoms with Crippen molar-refractivity contribution in [2.45, 2.75) is 45.4 Å². The van der Waals surface area contributed by atoms with E-state index in [1.165, 1.54) is 25.1 Å². The molecule has 2 unspecified atom stereocenters. The zero-order chi connectivity index (χ0) is 24.7. The molecular weight excluding hydrogens is 452 g/mol. The highest BCUT2D eigenvalue weighted by Crippen LogP contribution is 2.45. The van der Waals surface area contributed by atoms with Crippen LogP contribution in [0.4, 0.5) is 14.7 Å². The summed E-state index contributed by atoms with van der Waals surface area (Å²) in [7, 11) is 0. The molecule has 34 heavy (non-hydrogen) atoms. The van der Waals surface area contributed by atoms with Crippen LogP contribution >= 0.6 is 11.8 Å². The van der Waals surface area contributed by atoms with Crippen LogP contribution in [-0.2, 0) is 6.42 Å². The summed E-state index contributed by atoms with van der Waals surface area (Å²) >= 11 is 1.70. The van der Waals surface area contributed by atoms with Crippen LogP contribution in [0.15, 0.2) is 53.7 Å². The Bertz CT molecular complexity index is 1030. The lowest BCUT2D eigenvalue weighted by Crippen LogP contribution is -2.23. The van der Waals surface area contributed by atoms with Gasteiger partial charge < -0.3 is 10.0 Å². The summed E-state index contributed by atoms with van der Waals surface area (Å²) in [6, 6.07) is 9.69. The zero-order valence-electron chi connectivity index (χ0n) is 20.3. The van der Waals surface area contributed by atoms with Gasteiger partial charge in [-0.2, -0.15) is 0 Å². The number of aromatic hydroxyl groups is 1. The third kappa shape index (κ3) is 6.47. The van der Waals surface area contributed by atoms with Crippen LogP contribution in [0, 0.1) is 23.5 Å². The fraction of sp³-hybridized carbons (Fsp3) is 0.407. The highest BCUT2D eigenvalue weighted by molar-refractivity contribution is 7.99. The van der Waals surface area contributed by atoms with Gasteiger partial charge in [0.25, 0.3) is 0 Å². The number of fused-ring (bicyclic) bond motifs is 1. The fourth-order valence-corrected chi connectivity index (χ4v) is 4.56. The first-order valence-electron chi connectivity index (χ1n) is 12.0. The lowest BCUT2D eigenvalue weighted by Gasteiger charge is -2.17. The van der Waals surface area contributed by atoms with Gasteiger partial charge in [0.1, 0.15) is 0 Å². The Kier molecular flexibility index (Phi) is 9.28. The van der Waals surface area contributed by atoms with Gasteiger partial charge in [-0.05, 0) is 71.4 Å². The van der Waals surface area contributed by atoms with E-state index in [1.807, 2.05) is 50.5 Å². The number of anilines is 1. The first-order chi connectivity index (χ1) is 16.5. The quantitative estimate of drug-likeness (QED) is 0.396. The molecule has 5 rings (SSSR count). The molecule has 1 saturated carbocycles. The summed E-state index contributed by atoms with van der Waals surface area (Å²) < 4.78 is 26.5. The van der Waals surface area contributed by atoms with E-state index in [0.717, 1.165) is 47.0 Å². The number of aromatic nitrogens is 2. The number of hydrogen-bond acceptors (Lipinski definition) is 5. The number of phenolic OH excluding ortho intramolecular Hbond substituents is 1. The average molecular weight is 486 g/mol. The van der Waals surface area contributed by atoms with Gasteiger partial charge in [-0.25, -0.2) is 18.7 Å². The molecule has 182 valence electrons. The van der Waals surface area contributed by atoms with Crippen LogP contribution in [0.3, 0.4) is 0 Å². The predicted octanol–water partition coefficient (Wildman–Crippen LogP) is 6.97. The molecule has 0 amide bonds. The topological polar surface area (TPSA) is 49.3 Å². The van der Waals surface area contributed by atoms with Crippen LogP contribution in [0.1, 0.15) is 39.7 Å². The number of rotatable bonds is 5. The van der Waals surface area contributed by atoms with E-state index in [2.05, 4.69) is 28.7 Å². The number of aryl methyl sites for hydroxylation is 1. The SMILES string of the molecule is CC.CCSc1ccc(-c2cc(F)c(O)c(F)c2)cc1.CCc1cnc(N2CC3CC3C2)nc1. The standard InChI is InChI=1S/C14H12F2OS.C11H15N3.C2H6/c1-2-18-11-5-3-9(4-6-11)10-7-12(15)14(17)13(16)8-10;1-2-8-4-12-11(13-5-8)14-6-9-3-10(9)7-14;1-2/h3-8,17H,2H2,1H3;4-5,9-10H,2-3,6-7H2,1H3;1-2H3. The predicted molar refractivity (Wildman–Crippen MR) is 136 cm³/mol. The van der Waals surface area contributed by atoms with Gasteiger partial charge in [-0.15, -0.1) is 11.8 Å². The van der Waals surface area contributed by atoms with Crippen LogP contribution in [0.25, 0.3) is 11.1 Å². The molecule has 3 aromatic rings. The van der Waals surface area contributed by atoms with E-state index >= 15 is 0 Å². The minimum absolute atomic E-state index is 0.413. The number of thioether (sulfide) groups is 1. The van der Waals surface area contributed by atoms with E-state index in [1.54, 1.807) is 11.8 Å². The van der Waals surface area contributed by atoms with Crippen molar-refractivity contribution in [2.75, 3.05) is 23.7 Å². The molecule has 2 aliphatic rings. The first-order valence-corrected chi connectivity index (χ1v) is 12.9. The van der Waals surface area contributed by atoms with Crippen molar-refractivity contribution >= 4 is 17.7 Å². The fourth-order valence-electron chi connectivity index (χ4n) is 3.90. The van der Waals surface area contributed by atoms with Gasteiger partial charge >= 0.3 is 0 Å². The normalized spacial score (nSPS) is 17.8. The molecule has 1 saturated heterocycles. The highest BCUT2D eigenvalue weighted by Gasteiger charge is 2.45. The second kappa shape index (κ2) is 12.2. The van der Waals surface area contributed by atoms with Crippen molar-refractivity contribution in [3.8, 4) is 16.9 Å². The summed E-state index contributed by atoms with van der Waals surface area (Å²) in [5.41, 5.74) is 2.35. The van der Waals surface area contributed by atoms with Gasteiger partial charge in [0.2, 0.25) is 5.95 Å². The molecule has 2 heterocycles. The van der Waals surface area contributed by atoms with Crippen molar-refractivity contribution < 1.29 is 13.9 Å². The first kappa shape index (κ1) is 25.9. The molecule has 1 aliphatic heterocycles. The van der Waals surface area contributed by atoms with Gasteiger partial charge in [0.15, 0.2) is 17.4 Å². The summed E-state index contributed by atoms with van der Waals surface area (Å²) in [4.78, 5) is 12.2. The number of halogens is 2. The molecule has 0 bridgehead atoms. The maximum absolute atomic E-state index is 13.2. The van der Waals surface area contributed by atoms with Crippen molar-refractivity contribution in [2.24, 2.45) is 11.8 Å². The van der Waals surface area contributed by atoms with E-state index < -0.39 is 17.4 Å². The van der Waals surface area contributed by atoms with Crippen molar-refractivity contribution in [1.82, 2.24) is 9.97 Å².